The summed E-state index contributed by atoms with van der Waals surface area (Å²) >= 11 is 3.05. The summed E-state index contributed by atoms with van der Waals surface area (Å²) in [6.45, 7) is 2.11. The molecule has 0 spiro atoms. The molecule has 5 heteroatoms. The van der Waals surface area contributed by atoms with Crippen molar-refractivity contribution in [2.45, 2.75) is 19.8 Å². The summed E-state index contributed by atoms with van der Waals surface area (Å²) in [5.41, 5.74) is 9.53. The van der Waals surface area contributed by atoms with Gasteiger partial charge in [0.05, 0.1) is 21.0 Å². The maximum atomic E-state index is 8.99. The molecule has 16 heavy (non-hydrogen) atoms. The van der Waals surface area contributed by atoms with Gasteiger partial charge < -0.3 is 5.73 Å². The van der Waals surface area contributed by atoms with Gasteiger partial charge in [-0.1, -0.05) is 13.3 Å². The van der Waals surface area contributed by atoms with E-state index in [1.807, 2.05) is 6.20 Å². The maximum Gasteiger partial charge on any atom is 0.128 e. The molecule has 0 bridgehead atoms. The monoisotopic (exact) mass is 249 g/mol. The van der Waals surface area contributed by atoms with Crippen molar-refractivity contribution in [2.24, 2.45) is 0 Å². The Morgan fingerprint density at radius 1 is 1.56 bits per heavy atom. The highest BCUT2D eigenvalue weighted by Gasteiger charge is 2.17. The zero-order chi connectivity index (χ0) is 11.5. The van der Waals surface area contributed by atoms with Gasteiger partial charge in [0.2, 0.25) is 0 Å². The third-order valence-corrected chi connectivity index (χ3v) is 4.41. The van der Waals surface area contributed by atoms with Gasteiger partial charge >= 0.3 is 0 Å². The predicted octanol–water partition coefficient (Wildman–Crippen LogP) is 3.28. The molecule has 0 aromatic carbocycles. The van der Waals surface area contributed by atoms with E-state index in [1.54, 1.807) is 16.8 Å². The summed E-state index contributed by atoms with van der Waals surface area (Å²) in [5, 5.41) is 8.99. The first-order valence-corrected chi connectivity index (χ1v) is 6.67. The van der Waals surface area contributed by atoms with E-state index in [9.17, 15) is 0 Å². The number of hydrogen-bond donors (Lipinski definition) is 1. The van der Waals surface area contributed by atoms with Crippen LogP contribution in [0.2, 0.25) is 0 Å². The Hall–Kier alpha value is -1.38. The molecule has 2 aromatic heterocycles. The summed E-state index contributed by atoms with van der Waals surface area (Å²) in [6, 6.07) is 2.15. The predicted molar refractivity (Wildman–Crippen MR) is 68.5 cm³/mol. The third-order valence-electron chi connectivity index (χ3n) is 2.31. The van der Waals surface area contributed by atoms with Gasteiger partial charge in [-0.25, -0.2) is 0 Å². The van der Waals surface area contributed by atoms with E-state index in [4.69, 9.17) is 11.0 Å². The van der Waals surface area contributed by atoms with Crippen LogP contribution in [0.5, 0.6) is 0 Å². The van der Waals surface area contributed by atoms with E-state index in [2.05, 4.69) is 18.0 Å². The zero-order valence-corrected chi connectivity index (χ0v) is 10.5. The number of thiophene rings is 1. The van der Waals surface area contributed by atoms with Crippen molar-refractivity contribution in [2.75, 3.05) is 5.73 Å². The van der Waals surface area contributed by atoms with E-state index < -0.39 is 0 Å². The Balaban J connectivity index is 2.56. The number of rotatable bonds is 3. The minimum atomic E-state index is 0.617. The van der Waals surface area contributed by atoms with Crippen molar-refractivity contribution in [3.8, 4) is 15.8 Å². The van der Waals surface area contributed by atoms with E-state index in [-0.39, 0.29) is 0 Å². The first-order valence-electron chi connectivity index (χ1n) is 4.98. The van der Waals surface area contributed by atoms with Crippen molar-refractivity contribution in [3.05, 3.63) is 22.1 Å². The van der Waals surface area contributed by atoms with E-state index in [0.29, 0.717) is 10.6 Å². The molecule has 2 heterocycles. The van der Waals surface area contributed by atoms with Gasteiger partial charge in [0, 0.05) is 6.20 Å². The quantitative estimate of drug-likeness (QED) is 0.908. The van der Waals surface area contributed by atoms with Crippen LogP contribution in [0, 0.1) is 11.3 Å². The van der Waals surface area contributed by atoms with Crippen LogP contribution in [-0.2, 0) is 6.42 Å². The molecule has 0 fully saturated rings. The van der Waals surface area contributed by atoms with Crippen LogP contribution in [0.1, 0.15) is 23.8 Å². The fraction of sp³-hybridized carbons (Fsp3) is 0.273. The van der Waals surface area contributed by atoms with Gasteiger partial charge in [0.25, 0.3) is 0 Å². The first-order chi connectivity index (χ1) is 7.77. The summed E-state index contributed by atoms with van der Waals surface area (Å²) in [6.07, 6.45) is 3.77. The fourth-order valence-corrected chi connectivity index (χ4v) is 3.41. The van der Waals surface area contributed by atoms with Crippen molar-refractivity contribution < 1.29 is 0 Å². The highest BCUT2D eigenvalue weighted by atomic mass is 32.1. The van der Waals surface area contributed by atoms with Crippen LogP contribution in [0.4, 0.5) is 5.69 Å². The lowest BCUT2D eigenvalue weighted by atomic mass is 10.1. The average Bonchev–Trinajstić information content (AvgIpc) is 2.89. The van der Waals surface area contributed by atoms with Gasteiger partial charge in [-0.15, -0.1) is 22.7 Å². The van der Waals surface area contributed by atoms with Crippen molar-refractivity contribution in [1.29, 1.82) is 5.26 Å². The summed E-state index contributed by atoms with van der Waals surface area (Å²) in [7, 11) is 0. The maximum absolute atomic E-state index is 8.99. The Labute approximate surface area is 102 Å². The van der Waals surface area contributed by atoms with Crippen molar-refractivity contribution >= 4 is 28.4 Å². The molecule has 0 aliphatic carbocycles. The van der Waals surface area contributed by atoms with Crippen molar-refractivity contribution in [1.82, 2.24) is 4.98 Å². The number of nitrogens with zero attached hydrogens (tertiary/aromatic N) is 2. The minimum Gasteiger partial charge on any atom is -0.397 e. The Kier molecular flexibility index (Phi) is 3.22. The average molecular weight is 249 g/mol. The number of anilines is 1. The molecule has 2 aromatic rings. The number of hydrogen-bond acceptors (Lipinski definition) is 5. The lowest BCUT2D eigenvalue weighted by Gasteiger charge is -2.00. The minimum absolute atomic E-state index is 0.617. The third kappa shape index (κ3) is 1.82. The second kappa shape index (κ2) is 4.64. The van der Waals surface area contributed by atoms with Gasteiger partial charge in [0.15, 0.2) is 0 Å². The second-order valence-electron chi connectivity index (χ2n) is 3.38. The molecule has 2 rings (SSSR count). The Morgan fingerprint density at radius 3 is 2.94 bits per heavy atom. The van der Waals surface area contributed by atoms with Gasteiger partial charge in [0.1, 0.15) is 10.9 Å². The SMILES string of the molecule is CCCc1c(-c2cncs2)sc(C#N)c1N. The number of aromatic nitrogens is 1. The first kappa shape index (κ1) is 11.1. The smallest absolute Gasteiger partial charge is 0.128 e. The molecule has 0 atom stereocenters. The van der Waals surface area contributed by atoms with Crippen LogP contribution in [0.3, 0.4) is 0 Å². The molecular weight excluding hydrogens is 238 g/mol. The number of nitrogens with two attached hydrogens (primary N) is 1. The van der Waals surface area contributed by atoms with Crippen LogP contribution >= 0.6 is 22.7 Å². The van der Waals surface area contributed by atoms with Crippen LogP contribution in [0.25, 0.3) is 9.75 Å². The highest BCUT2D eigenvalue weighted by molar-refractivity contribution is 7.22. The summed E-state index contributed by atoms with van der Waals surface area (Å²) in [5.74, 6) is 0. The molecule has 0 amide bonds. The normalized spacial score (nSPS) is 10.2. The van der Waals surface area contributed by atoms with Gasteiger partial charge in [-0.3, -0.25) is 4.98 Å². The van der Waals surface area contributed by atoms with E-state index in [1.165, 1.54) is 11.3 Å². The molecule has 0 radical (unpaired) electrons. The number of nitriles is 1. The van der Waals surface area contributed by atoms with Crippen LogP contribution in [0.15, 0.2) is 11.7 Å². The molecule has 82 valence electrons. The lowest BCUT2D eigenvalue weighted by molar-refractivity contribution is 0.930. The molecular formula is C11H11N3S2. The molecule has 0 aliphatic rings. The molecule has 0 aliphatic heterocycles. The van der Waals surface area contributed by atoms with E-state index in [0.717, 1.165) is 28.2 Å². The largest absolute Gasteiger partial charge is 0.397 e. The number of thiazole rings is 1. The van der Waals surface area contributed by atoms with Crippen LogP contribution in [-0.4, -0.2) is 4.98 Å². The Morgan fingerprint density at radius 2 is 2.38 bits per heavy atom. The molecule has 0 unspecified atom stereocenters. The fourth-order valence-electron chi connectivity index (χ4n) is 1.59. The molecule has 0 saturated carbocycles. The second-order valence-corrected chi connectivity index (χ2v) is 5.29. The highest BCUT2D eigenvalue weighted by Crippen LogP contribution is 2.40. The van der Waals surface area contributed by atoms with E-state index >= 15 is 0 Å². The zero-order valence-electron chi connectivity index (χ0n) is 8.86. The Bertz CT molecular complexity index is 520. The molecule has 0 saturated heterocycles. The summed E-state index contributed by atoms with van der Waals surface area (Å²) < 4.78 is 0. The van der Waals surface area contributed by atoms with Gasteiger partial charge in [-0.2, -0.15) is 5.26 Å². The van der Waals surface area contributed by atoms with Gasteiger partial charge in [-0.05, 0) is 12.0 Å². The number of nitrogen functional groups attached to an aromatic ring is 1. The lowest BCUT2D eigenvalue weighted by Crippen LogP contribution is -1.92. The van der Waals surface area contributed by atoms with Crippen LogP contribution < -0.4 is 5.73 Å². The molecule has 3 nitrogen and oxygen atoms in total. The van der Waals surface area contributed by atoms with Crippen molar-refractivity contribution in [3.63, 3.8) is 0 Å². The summed E-state index contributed by atoms with van der Waals surface area (Å²) in [4.78, 5) is 6.89. The molecule has 2 N–H and O–H groups in total. The topological polar surface area (TPSA) is 62.7 Å². The standard InChI is InChI=1S/C11H11N3S2/c1-2-3-7-10(13)8(4-12)16-11(7)9-5-14-6-15-9/h5-6H,2-3,13H2,1H3.